The van der Waals surface area contributed by atoms with Crippen LogP contribution in [0.1, 0.15) is 51.4 Å². The van der Waals surface area contributed by atoms with Crippen LogP contribution < -0.4 is 0 Å². The fraction of sp³-hybridized carbons (Fsp3) is 0.625. The van der Waals surface area contributed by atoms with Crippen molar-refractivity contribution in [2.75, 3.05) is 0 Å². The lowest BCUT2D eigenvalue weighted by molar-refractivity contribution is -0.124. The Bertz CT molecular complexity index is 463. The van der Waals surface area contributed by atoms with Crippen molar-refractivity contribution in [2.45, 2.75) is 57.4 Å². The number of rotatable bonds is 2. The summed E-state index contributed by atoms with van der Waals surface area (Å²) in [5, 5.41) is 0. The third-order valence-electron chi connectivity index (χ3n) is 4.46. The van der Waals surface area contributed by atoms with Crippen LogP contribution in [0, 0.1) is 5.92 Å². The number of hydrogen-bond acceptors (Lipinski definition) is 3. The van der Waals surface area contributed by atoms with Crippen LogP contribution in [-0.2, 0) is 4.79 Å². The molecule has 0 aromatic rings. The molecule has 2 fully saturated rings. The standard InChI is InChI=1S/C16H21NOS2/c18-15-14(11-12-7-3-1-4-8-12)20-16(19)17(15)13-9-5-2-6-10-13/h1,3,11-13H,2,4-10H2/b14-11+. The monoisotopic (exact) mass is 307 g/mol. The highest BCUT2D eigenvalue weighted by Gasteiger charge is 2.37. The van der Waals surface area contributed by atoms with Crippen molar-refractivity contribution in [3.05, 3.63) is 23.1 Å². The fourth-order valence-corrected chi connectivity index (χ4v) is 4.80. The first-order valence-corrected chi connectivity index (χ1v) is 8.90. The van der Waals surface area contributed by atoms with Gasteiger partial charge in [0.1, 0.15) is 4.32 Å². The van der Waals surface area contributed by atoms with E-state index in [1.807, 2.05) is 4.90 Å². The van der Waals surface area contributed by atoms with Gasteiger partial charge in [0.25, 0.3) is 5.91 Å². The number of nitrogens with zero attached hydrogens (tertiary/aromatic N) is 1. The Morgan fingerprint density at radius 3 is 2.70 bits per heavy atom. The summed E-state index contributed by atoms with van der Waals surface area (Å²) in [7, 11) is 0. The van der Waals surface area contributed by atoms with E-state index in [0.29, 0.717) is 12.0 Å². The number of hydrogen-bond donors (Lipinski definition) is 0. The predicted molar refractivity (Wildman–Crippen MR) is 88.5 cm³/mol. The molecule has 3 rings (SSSR count). The number of allylic oxidation sites excluding steroid dienone is 3. The van der Waals surface area contributed by atoms with E-state index in [1.54, 1.807) is 0 Å². The molecule has 3 aliphatic rings. The van der Waals surface area contributed by atoms with Crippen LogP contribution in [0.2, 0.25) is 0 Å². The molecule has 0 aromatic heterocycles. The van der Waals surface area contributed by atoms with E-state index in [1.165, 1.54) is 31.0 Å². The number of thioether (sulfide) groups is 1. The Balaban J connectivity index is 1.72. The quantitative estimate of drug-likeness (QED) is 0.428. The van der Waals surface area contributed by atoms with Crippen LogP contribution in [0.4, 0.5) is 0 Å². The average molecular weight is 307 g/mol. The number of thiocarbonyl (C=S) groups is 1. The van der Waals surface area contributed by atoms with Crippen LogP contribution >= 0.6 is 24.0 Å². The lowest BCUT2D eigenvalue weighted by Gasteiger charge is -2.29. The van der Waals surface area contributed by atoms with Gasteiger partial charge in [0, 0.05) is 6.04 Å². The Labute approximate surface area is 130 Å². The van der Waals surface area contributed by atoms with E-state index in [-0.39, 0.29) is 5.91 Å². The zero-order valence-corrected chi connectivity index (χ0v) is 13.3. The van der Waals surface area contributed by atoms with E-state index in [4.69, 9.17) is 12.2 Å². The maximum absolute atomic E-state index is 12.6. The van der Waals surface area contributed by atoms with E-state index in [9.17, 15) is 4.79 Å². The largest absolute Gasteiger partial charge is 0.290 e. The predicted octanol–water partition coefficient (Wildman–Crippen LogP) is 4.42. The van der Waals surface area contributed by atoms with Gasteiger partial charge < -0.3 is 0 Å². The Kier molecular flexibility index (Phi) is 4.61. The van der Waals surface area contributed by atoms with Gasteiger partial charge in [-0.25, -0.2) is 0 Å². The molecular weight excluding hydrogens is 286 g/mol. The highest BCUT2D eigenvalue weighted by Crippen LogP contribution is 2.37. The van der Waals surface area contributed by atoms with Crippen molar-refractivity contribution >= 4 is 34.2 Å². The molecule has 0 bridgehead atoms. The lowest BCUT2D eigenvalue weighted by Crippen LogP contribution is -2.39. The first-order valence-electron chi connectivity index (χ1n) is 7.68. The summed E-state index contributed by atoms with van der Waals surface area (Å²) in [6.45, 7) is 0. The highest BCUT2D eigenvalue weighted by molar-refractivity contribution is 8.26. The van der Waals surface area contributed by atoms with E-state index in [0.717, 1.165) is 41.3 Å². The molecule has 1 saturated carbocycles. The minimum Gasteiger partial charge on any atom is -0.290 e. The minimum atomic E-state index is 0.168. The van der Waals surface area contributed by atoms with Gasteiger partial charge in [-0.15, -0.1) is 0 Å². The van der Waals surface area contributed by atoms with Crippen molar-refractivity contribution in [3.8, 4) is 0 Å². The third-order valence-corrected chi connectivity index (χ3v) is 5.81. The summed E-state index contributed by atoms with van der Waals surface area (Å²) in [6, 6.07) is 0.355. The lowest BCUT2D eigenvalue weighted by atomic mass is 9.93. The summed E-state index contributed by atoms with van der Waals surface area (Å²) in [4.78, 5) is 15.4. The average Bonchev–Trinajstić information content (AvgIpc) is 2.75. The second kappa shape index (κ2) is 6.44. The zero-order chi connectivity index (χ0) is 13.9. The van der Waals surface area contributed by atoms with Gasteiger partial charge in [-0.3, -0.25) is 9.69 Å². The molecule has 20 heavy (non-hydrogen) atoms. The molecule has 0 aromatic carbocycles. The molecule has 108 valence electrons. The second-order valence-electron chi connectivity index (χ2n) is 5.91. The normalized spacial score (nSPS) is 30.5. The molecular formula is C16H21NOS2. The SMILES string of the molecule is O=C1/C(=C\C2CC=CCC2)SC(=S)N1C1CCCCC1. The molecule has 1 heterocycles. The molecule has 0 spiro atoms. The molecule has 4 heteroatoms. The van der Waals surface area contributed by atoms with Crippen LogP contribution in [0.15, 0.2) is 23.1 Å². The summed E-state index contributed by atoms with van der Waals surface area (Å²) in [5.74, 6) is 0.682. The first kappa shape index (κ1) is 14.3. The fourth-order valence-electron chi connectivity index (χ4n) is 3.33. The van der Waals surface area contributed by atoms with Crippen molar-refractivity contribution < 1.29 is 4.79 Å². The highest BCUT2D eigenvalue weighted by atomic mass is 32.2. The summed E-state index contributed by atoms with van der Waals surface area (Å²) in [5.41, 5.74) is 0. The smallest absolute Gasteiger partial charge is 0.266 e. The van der Waals surface area contributed by atoms with Gasteiger partial charge in [-0.05, 0) is 38.0 Å². The van der Waals surface area contributed by atoms with Crippen LogP contribution in [0.3, 0.4) is 0 Å². The van der Waals surface area contributed by atoms with Crippen LogP contribution in [-0.4, -0.2) is 21.2 Å². The Morgan fingerprint density at radius 2 is 2.00 bits per heavy atom. The molecule has 1 unspecified atom stereocenters. The van der Waals surface area contributed by atoms with Gasteiger partial charge in [0.05, 0.1) is 4.91 Å². The first-order chi connectivity index (χ1) is 9.75. The minimum absolute atomic E-state index is 0.168. The van der Waals surface area contributed by atoms with Crippen molar-refractivity contribution in [3.63, 3.8) is 0 Å². The molecule has 0 N–H and O–H groups in total. The van der Waals surface area contributed by atoms with Gasteiger partial charge in [-0.1, -0.05) is 61.5 Å². The van der Waals surface area contributed by atoms with Gasteiger partial charge in [-0.2, -0.15) is 0 Å². The molecule has 1 saturated heterocycles. The molecule has 1 atom stereocenters. The Morgan fingerprint density at radius 1 is 1.20 bits per heavy atom. The van der Waals surface area contributed by atoms with Gasteiger partial charge >= 0.3 is 0 Å². The molecule has 0 radical (unpaired) electrons. The van der Waals surface area contributed by atoms with Crippen LogP contribution in [0.5, 0.6) is 0 Å². The molecule has 2 nitrogen and oxygen atoms in total. The molecule has 1 amide bonds. The van der Waals surface area contributed by atoms with Gasteiger partial charge in [0.2, 0.25) is 0 Å². The molecule has 2 aliphatic carbocycles. The van der Waals surface area contributed by atoms with E-state index < -0.39 is 0 Å². The topological polar surface area (TPSA) is 20.3 Å². The number of carbonyl (C=O) groups is 1. The van der Waals surface area contributed by atoms with Crippen LogP contribution in [0.25, 0.3) is 0 Å². The Hall–Kier alpha value is -0.610. The zero-order valence-electron chi connectivity index (χ0n) is 11.7. The third kappa shape index (κ3) is 3.01. The second-order valence-corrected chi connectivity index (χ2v) is 7.59. The summed E-state index contributed by atoms with van der Waals surface area (Å²) in [6.07, 6.45) is 16.0. The van der Waals surface area contributed by atoms with Crippen molar-refractivity contribution in [2.24, 2.45) is 5.92 Å². The van der Waals surface area contributed by atoms with Crippen molar-refractivity contribution in [1.29, 1.82) is 0 Å². The van der Waals surface area contributed by atoms with E-state index in [2.05, 4.69) is 18.2 Å². The summed E-state index contributed by atoms with van der Waals surface area (Å²) < 4.78 is 0.777. The summed E-state index contributed by atoms with van der Waals surface area (Å²) >= 11 is 6.97. The van der Waals surface area contributed by atoms with E-state index >= 15 is 0 Å². The molecule has 1 aliphatic heterocycles. The van der Waals surface area contributed by atoms with Crippen molar-refractivity contribution in [1.82, 2.24) is 4.90 Å². The van der Waals surface area contributed by atoms with Gasteiger partial charge in [0.15, 0.2) is 0 Å². The number of carbonyl (C=O) groups excluding carboxylic acids is 1. The maximum atomic E-state index is 12.6. The number of amides is 1. The maximum Gasteiger partial charge on any atom is 0.266 e.